The highest BCUT2D eigenvalue weighted by molar-refractivity contribution is 5.79. The van der Waals surface area contributed by atoms with Crippen LogP contribution in [0.15, 0.2) is 23.2 Å². The summed E-state index contributed by atoms with van der Waals surface area (Å²) < 4.78 is 11.3. The predicted octanol–water partition coefficient (Wildman–Crippen LogP) is 1.83. The zero-order chi connectivity index (χ0) is 14.5. The minimum Gasteiger partial charge on any atom is -0.490 e. The van der Waals surface area contributed by atoms with Crippen molar-refractivity contribution < 1.29 is 9.47 Å². The molecule has 0 saturated carbocycles. The topological polar surface area (TPSA) is 37.3 Å². The monoisotopic (exact) mass is 277 g/mol. The van der Waals surface area contributed by atoms with Gasteiger partial charge in [0, 0.05) is 34.6 Å². The molecule has 0 unspecified atom stereocenters. The van der Waals surface area contributed by atoms with E-state index in [1.165, 1.54) is 0 Å². The van der Waals surface area contributed by atoms with Crippen LogP contribution in [0.25, 0.3) is 0 Å². The number of rotatable bonds is 2. The van der Waals surface area contributed by atoms with Crippen molar-refractivity contribution in [3.8, 4) is 11.5 Å². The van der Waals surface area contributed by atoms with Gasteiger partial charge in [0.1, 0.15) is 0 Å². The van der Waals surface area contributed by atoms with E-state index in [2.05, 4.69) is 4.99 Å². The zero-order valence-electron chi connectivity index (χ0n) is 12.7. The molecule has 0 bridgehead atoms. The van der Waals surface area contributed by atoms with E-state index < -0.39 is 0 Å². The second kappa shape index (κ2) is 6.50. The van der Waals surface area contributed by atoms with Crippen molar-refractivity contribution in [1.29, 1.82) is 0 Å². The average molecular weight is 277 g/mol. The molecule has 0 amide bonds. The Morgan fingerprint density at radius 1 is 1.05 bits per heavy atom. The summed E-state index contributed by atoms with van der Waals surface area (Å²) in [4.78, 5) is 8.64. The van der Waals surface area contributed by atoms with Gasteiger partial charge in [-0.2, -0.15) is 0 Å². The molecule has 0 spiro atoms. The van der Waals surface area contributed by atoms with Crippen LogP contribution in [-0.4, -0.2) is 57.2 Å². The van der Waals surface area contributed by atoms with Gasteiger partial charge in [-0.05, 0) is 17.7 Å². The van der Waals surface area contributed by atoms with Crippen LogP contribution in [0.3, 0.4) is 0 Å². The number of hydrogen-bond donors (Lipinski definition) is 0. The van der Waals surface area contributed by atoms with Crippen molar-refractivity contribution in [3.63, 3.8) is 0 Å². The Balaban J connectivity index is 2.14. The second-order valence-corrected chi connectivity index (χ2v) is 5.24. The first-order chi connectivity index (χ1) is 9.58. The highest BCUT2D eigenvalue weighted by atomic mass is 16.5. The van der Waals surface area contributed by atoms with Crippen molar-refractivity contribution >= 4 is 5.96 Å². The van der Waals surface area contributed by atoms with Crippen LogP contribution in [0.2, 0.25) is 0 Å². The van der Waals surface area contributed by atoms with E-state index in [9.17, 15) is 0 Å². The molecule has 110 valence electrons. The first-order valence-electron chi connectivity index (χ1n) is 6.85. The number of benzene rings is 1. The summed E-state index contributed by atoms with van der Waals surface area (Å²) in [5, 5.41) is 0. The molecule has 0 fully saturated rings. The van der Waals surface area contributed by atoms with Gasteiger partial charge in [0.25, 0.3) is 0 Å². The molecule has 2 rings (SSSR count). The summed E-state index contributed by atoms with van der Waals surface area (Å²) in [6.07, 6.45) is 0.924. The van der Waals surface area contributed by atoms with Gasteiger partial charge in [-0.15, -0.1) is 0 Å². The molecule has 5 heteroatoms. The minimum absolute atomic E-state index is 0.627. The quantitative estimate of drug-likeness (QED) is 0.610. The first kappa shape index (κ1) is 14.5. The maximum atomic E-state index is 5.70. The maximum Gasteiger partial charge on any atom is 0.195 e. The Kier molecular flexibility index (Phi) is 4.71. The predicted molar refractivity (Wildman–Crippen MR) is 80.6 cm³/mol. The minimum atomic E-state index is 0.627. The van der Waals surface area contributed by atoms with Gasteiger partial charge in [-0.25, -0.2) is 4.99 Å². The lowest BCUT2D eigenvalue weighted by Gasteiger charge is -2.22. The van der Waals surface area contributed by atoms with Crippen molar-refractivity contribution in [2.45, 2.75) is 13.0 Å². The SMILES string of the molecule is CN(C)C(=NCc1ccc2c(c1)OCCCO2)N(C)C. The molecule has 1 aromatic rings. The molecule has 1 aliphatic heterocycles. The van der Waals surface area contributed by atoms with Gasteiger partial charge in [0.05, 0.1) is 19.8 Å². The fourth-order valence-corrected chi connectivity index (χ4v) is 2.15. The molecule has 0 atom stereocenters. The van der Waals surface area contributed by atoms with Crippen LogP contribution in [-0.2, 0) is 6.54 Å². The third kappa shape index (κ3) is 3.56. The highest BCUT2D eigenvalue weighted by Gasteiger charge is 2.11. The normalized spacial score (nSPS) is 13.4. The Bertz CT molecular complexity index is 474. The van der Waals surface area contributed by atoms with E-state index in [0.717, 1.165) is 36.0 Å². The molecule has 20 heavy (non-hydrogen) atoms. The lowest BCUT2D eigenvalue weighted by molar-refractivity contribution is 0.297. The molecule has 0 radical (unpaired) electrons. The summed E-state index contributed by atoms with van der Waals surface area (Å²) in [5.41, 5.74) is 1.12. The Morgan fingerprint density at radius 3 is 2.35 bits per heavy atom. The van der Waals surface area contributed by atoms with Crippen LogP contribution < -0.4 is 9.47 Å². The van der Waals surface area contributed by atoms with E-state index in [4.69, 9.17) is 9.47 Å². The fourth-order valence-electron chi connectivity index (χ4n) is 2.15. The molecular formula is C15H23N3O2. The molecule has 0 N–H and O–H groups in total. The summed E-state index contributed by atoms with van der Waals surface area (Å²) in [5.74, 6) is 2.60. The average Bonchev–Trinajstić information content (AvgIpc) is 2.62. The molecule has 5 nitrogen and oxygen atoms in total. The number of ether oxygens (including phenoxy) is 2. The summed E-state index contributed by atoms with van der Waals surface area (Å²) in [6.45, 7) is 2.05. The van der Waals surface area contributed by atoms with E-state index in [1.54, 1.807) is 0 Å². The lowest BCUT2D eigenvalue weighted by atomic mass is 10.2. The van der Waals surface area contributed by atoms with Crippen molar-refractivity contribution in [3.05, 3.63) is 23.8 Å². The smallest absolute Gasteiger partial charge is 0.195 e. The van der Waals surface area contributed by atoms with Gasteiger partial charge in [0.15, 0.2) is 17.5 Å². The van der Waals surface area contributed by atoms with Crippen LogP contribution in [0.5, 0.6) is 11.5 Å². The van der Waals surface area contributed by atoms with Crippen LogP contribution in [0.4, 0.5) is 0 Å². The molecular weight excluding hydrogens is 254 g/mol. The summed E-state index contributed by atoms with van der Waals surface area (Å²) >= 11 is 0. The Labute approximate surface area is 120 Å². The number of guanidine groups is 1. The van der Waals surface area contributed by atoms with Crippen molar-refractivity contribution in [2.24, 2.45) is 4.99 Å². The van der Waals surface area contributed by atoms with Gasteiger partial charge in [-0.1, -0.05) is 6.07 Å². The van der Waals surface area contributed by atoms with Gasteiger partial charge < -0.3 is 19.3 Å². The van der Waals surface area contributed by atoms with E-state index in [0.29, 0.717) is 13.2 Å². The van der Waals surface area contributed by atoms with Crippen molar-refractivity contribution in [1.82, 2.24) is 9.80 Å². The highest BCUT2D eigenvalue weighted by Crippen LogP contribution is 2.30. The third-order valence-electron chi connectivity index (χ3n) is 3.01. The third-order valence-corrected chi connectivity index (χ3v) is 3.01. The van der Waals surface area contributed by atoms with Gasteiger partial charge >= 0.3 is 0 Å². The first-order valence-corrected chi connectivity index (χ1v) is 6.85. The zero-order valence-corrected chi connectivity index (χ0v) is 12.7. The lowest BCUT2D eigenvalue weighted by Crippen LogP contribution is -2.35. The number of hydrogen-bond acceptors (Lipinski definition) is 3. The van der Waals surface area contributed by atoms with Crippen LogP contribution in [0, 0.1) is 0 Å². The van der Waals surface area contributed by atoms with E-state index >= 15 is 0 Å². The van der Waals surface area contributed by atoms with E-state index in [-0.39, 0.29) is 0 Å². The number of fused-ring (bicyclic) bond motifs is 1. The number of aliphatic imine (C=N–C) groups is 1. The molecule has 0 aliphatic carbocycles. The summed E-state index contributed by atoms with van der Waals surface area (Å²) in [6, 6.07) is 6.03. The Hall–Kier alpha value is -1.91. The fraction of sp³-hybridized carbons (Fsp3) is 0.533. The standard InChI is InChI=1S/C15H23N3O2/c1-17(2)15(18(3)4)16-11-12-6-7-13-14(10-12)20-9-5-8-19-13/h6-7,10H,5,8-9,11H2,1-4H3. The maximum absolute atomic E-state index is 5.70. The summed E-state index contributed by atoms with van der Waals surface area (Å²) in [7, 11) is 7.97. The van der Waals surface area contributed by atoms with Crippen molar-refractivity contribution in [2.75, 3.05) is 41.4 Å². The second-order valence-electron chi connectivity index (χ2n) is 5.24. The molecule has 1 aliphatic rings. The van der Waals surface area contributed by atoms with Crippen LogP contribution in [0.1, 0.15) is 12.0 Å². The molecule has 0 saturated heterocycles. The van der Waals surface area contributed by atoms with Gasteiger partial charge in [-0.3, -0.25) is 0 Å². The largest absolute Gasteiger partial charge is 0.490 e. The molecule has 0 aromatic heterocycles. The van der Waals surface area contributed by atoms with E-state index in [1.807, 2.05) is 56.2 Å². The number of nitrogens with zero attached hydrogens (tertiary/aromatic N) is 3. The Morgan fingerprint density at radius 2 is 1.70 bits per heavy atom. The molecule has 1 aromatic carbocycles. The van der Waals surface area contributed by atoms with Crippen LogP contribution >= 0.6 is 0 Å². The van der Waals surface area contributed by atoms with Gasteiger partial charge in [0.2, 0.25) is 0 Å². The molecule has 1 heterocycles.